The molecule has 4 heteroatoms. The van der Waals surface area contributed by atoms with E-state index < -0.39 is 0 Å². The molecule has 0 bridgehead atoms. The van der Waals surface area contributed by atoms with Gasteiger partial charge in [-0.1, -0.05) is 36.2 Å². The van der Waals surface area contributed by atoms with Crippen LogP contribution in [0.15, 0.2) is 18.2 Å². The maximum Gasteiger partial charge on any atom is 0.0465 e. The maximum absolute atomic E-state index is 6.17. The van der Waals surface area contributed by atoms with Crippen molar-refractivity contribution in [1.29, 1.82) is 0 Å². The first kappa shape index (κ1) is 12.2. The van der Waals surface area contributed by atoms with Gasteiger partial charge >= 0.3 is 0 Å². The third-order valence-electron chi connectivity index (χ3n) is 3.11. The molecular formula is C12H16Cl2N2. The molecule has 0 amide bonds. The van der Waals surface area contributed by atoms with Gasteiger partial charge in [0.25, 0.3) is 0 Å². The van der Waals surface area contributed by atoms with Gasteiger partial charge in [0.1, 0.15) is 0 Å². The number of likely N-dealkylation sites (N-methyl/N-ethyl adjacent to an activating group) is 1. The molecule has 1 aliphatic rings. The molecule has 1 N–H and O–H groups in total. The van der Waals surface area contributed by atoms with Gasteiger partial charge in [0.15, 0.2) is 0 Å². The molecule has 2 nitrogen and oxygen atoms in total. The molecule has 0 spiro atoms. The van der Waals surface area contributed by atoms with E-state index in [-0.39, 0.29) is 0 Å². The van der Waals surface area contributed by atoms with Crippen molar-refractivity contribution in [3.63, 3.8) is 0 Å². The van der Waals surface area contributed by atoms with E-state index >= 15 is 0 Å². The standard InChI is InChI=1S/C12H16Cl2N2/c1-2-16(9-6-15-7-9)8-10-11(13)4-3-5-12(10)14/h3-5,9,15H,2,6-8H2,1H3. The van der Waals surface area contributed by atoms with Crippen molar-refractivity contribution in [3.8, 4) is 0 Å². The monoisotopic (exact) mass is 258 g/mol. The van der Waals surface area contributed by atoms with Gasteiger partial charge in [-0.15, -0.1) is 0 Å². The van der Waals surface area contributed by atoms with Crippen LogP contribution in [0.1, 0.15) is 12.5 Å². The van der Waals surface area contributed by atoms with Crippen molar-refractivity contribution in [2.75, 3.05) is 19.6 Å². The number of nitrogens with one attached hydrogen (secondary N) is 1. The summed E-state index contributed by atoms with van der Waals surface area (Å²) < 4.78 is 0. The summed E-state index contributed by atoms with van der Waals surface area (Å²) in [5.74, 6) is 0. The summed E-state index contributed by atoms with van der Waals surface area (Å²) in [7, 11) is 0. The Kier molecular flexibility index (Phi) is 4.09. The first-order valence-electron chi connectivity index (χ1n) is 5.60. The molecule has 16 heavy (non-hydrogen) atoms. The van der Waals surface area contributed by atoms with Gasteiger partial charge in [-0.25, -0.2) is 0 Å². The molecule has 0 aliphatic carbocycles. The second kappa shape index (κ2) is 5.37. The molecule has 0 atom stereocenters. The minimum Gasteiger partial charge on any atom is -0.314 e. The van der Waals surface area contributed by atoms with Crippen molar-refractivity contribution >= 4 is 23.2 Å². The highest BCUT2D eigenvalue weighted by Gasteiger charge is 2.24. The second-order valence-electron chi connectivity index (χ2n) is 4.08. The summed E-state index contributed by atoms with van der Waals surface area (Å²) in [6, 6.07) is 6.30. The SMILES string of the molecule is CCN(Cc1c(Cl)cccc1Cl)C1CNC1. The Morgan fingerprint density at radius 3 is 2.38 bits per heavy atom. The Bertz CT molecular complexity index is 344. The van der Waals surface area contributed by atoms with Crippen molar-refractivity contribution in [2.24, 2.45) is 0 Å². The van der Waals surface area contributed by atoms with Gasteiger partial charge in [0.2, 0.25) is 0 Å². The Balaban J connectivity index is 2.11. The fourth-order valence-electron chi connectivity index (χ4n) is 1.92. The lowest BCUT2D eigenvalue weighted by Gasteiger charge is -2.37. The van der Waals surface area contributed by atoms with Crippen molar-refractivity contribution in [3.05, 3.63) is 33.8 Å². The van der Waals surface area contributed by atoms with E-state index in [4.69, 9.17) is 23.2 Å². The number of benzene rings is 1. The maximum atomic E-state index is 6.17. The van der Waals surface area contributed by atoms with Gasteiger partial charge < -0.3 is 5.32 Å². The predicted octanol–water partition coefficient (Wildman–Crippen LogP) is 2.79. The van der Waals surface area contributed by atoms with E-state index in [1.165, 1.54) is 0 Å². The van der Waals surface area contributed by atoms with E-state index in [1.807, 2.05) is 18.2 Å². The van der Waals surface area contributed by atoms with E-state index in [0.717, 1.165) is 41.8 Å². The Labute approximate surface area is 107 Å². The summed E-state index contributed by atoms with van der Waals surface area (Å²) in [6.45, 7) is 6.16. The van der Waals surface area contributed by atoms with E-state index in [2.05, 4.69) is 17.1 Å². The highest BCUT2D eigenvalue weighted by molar-refractivity contribution is 6.35. The normalized spacial score (nSPS) is 16.5. The zero-order valence-electron chi connectivity index (χ0n) is 9.34. The molecule has 1 aromatic rings. The highest BCUT2D eigenvalue weighted by atomic mass is 35.5. The molecule has 1 aliphatic heterocycles. The van der Waals surface area contributed by atoms with Crippen LogP contribution in [0.25, 0.3) is 0 Å². The van der Waals surface area contributed by atoms with Gasteiger partial charge in [-0.05, 0) is 18.7 Å². The smallest absolute Gasteiger partial charge is 0.0465 e. The third kappa shape index (κ3) is 2.51. The summed E-state index contributed by atoms with van der Waals surface area (Å²) in [4.78, 5) is 2.41. The molecule has 1 fully saturated rings. The van der Waals surface area contributed by atoms with E-state index in [9.17, 15) is 0 Å². The van der Waals surface area contributed by atoms with Crippen molar-refractivity contribution in [2.45, 2.75) is 19.5 Å². The van der Waals surface area contributed by atoms with Crippen LogP contribution in [0.2, 0.25) is 10.0 Å². The fraction of sp³-hybridized carbons (Fsp3) is 0.500. The minimum absolute atomic E-state index is 0.623. The molecular weight excluding hydrogens is 243 g/mol. The van der Waals surface area contributed by atoms with Crippen LogP contribution in [0.3, 0.4) is 0 Å². The van der Waals surface area contributed by atoms with Gasteiger partial charge in [0.05, 0.1) is 0 Å². The summed E-state index contributed by atoms with van der Waals surface area (Å²) >= 11 is 12.3. The molecule has 1 aromatic carbocycles. The summed E-state index contributed by atoms with van der Waals surface area (Å²) in [5.41, 5.74) is 1.04. The van der Waals surface area contributed by atoms with Crippen LogP contribution in [-0.2, 0) is 6.54 Å². The lowest BCUT2D eigenvalue weighted by atomic mass is 10.1. The second-order valence-corrected chi connectivity index (χ2v) is 4.89. The highest BCUT2D eigenvalue weighted by Crippen LogP contribution is 2.26. The Hall–Kier alpha value is -0.280. The number of nitrogens with zero attached hydrogens (tertiary/aromatic N) is 1. The largest absolute Gasteiger partial charge is 0.314 e. The van der Waals surface area contributed by atoms with Crippen LogP contribution in [-0.4, -0.2) is 30.6 Å². The molecule has 0 radical (unpaired) electrons. The number of hydrogen-bond acceptors (Lipinski definition) is 2. The number of hydrogen-bond donors (Lipinski definition) is 1. The zero-order chi connectivity index (χ0) is 11.5. The van der Waals surface area contributed by atoms with Gasteiger partial charge in [-0.3, -0.25) is 4.90 Å². The summed E-state index contributed by atoms with van der Waals surface area (Å²) in [6.07, 6.45) is 0. The van der Waals surface area contributed by atoms with E-state index in [0.29, 0.717) is 6.04 Å². The molecule has 88 valence electrons. The average Bonchev–Trinajstić information content (AvgIpc) is 2.19. The quantitative estimate of drug-likeness (QED) is 0.894. The first-order valence-corrected chi connectivity index (χ1v) is 6.35. The fourth-order valence-corrected chi connectivity index (χ4v) is 2.43. The van der Waals surface area contributed by atoms with E-state index in [1.54, 1.807) is 0 Å². The lowest BCUT2D eigenvalue weighted by molar-refractivity contribution is 0.145. The zero-order valence-corrected chi connectivity index (χ0v) is 10.9. The molecule has 2 rings (SSSR count). The van der Waals surface area contributed by atoms with Crippen LogP contribution in [0.4, 0.5) is 0 Å². The Morgan fingerprint density at radius 1 is 1.31 bits per heavy atom. The van der Waals surface area contributed by atoms with Crippen LogP contribution >= 0.6 is 23.2 Å². The van der Waals surface area contributed by atoms with Crippen LogP contribution in [0.5, 0.6) is 0 Å². The predicted molar refractivity (Wildman–Crippen MR) is 69.2 cm³/mol. The molecule has 1 heterocycles. The number of rotatable bonds is 4. The molecule has 1 saturated heterocycles. The molecule has 0 aromatic heterocycles. The van der Waals surface area contributed by atoms with Crippen molar-refractivity contribution in [1.82, 2.24) is 10.2 Å². The van der Waals surface area contributed by atoms with Crippen molar-refractivity contribution < 1.29 is 0 Å². The average molecular weight is 259 g/mol. The lowest BCUT2D eigenvalue weighted by Crippen LogP contribution is -2.56. The molecule has 0 saturated carbocycles. The summed E-state index contributed by atoms with van der Waals surface area (Å²) in [5, 5.41) is 4.81. The van der Waals surface area contributed by atoms with Gasteiger partial charge in [0, 0.05) is 41.3 Å². The molecule has 0 unspecified atom stereocenters. The number of halogens is 2. The third-order valence-corrected chi connectivity index (χ3v) is 3.81. The topological polar surface area (TPSA) is 15.3 Å². The van der Waals surface area contributed by atoms with Gasteiger partial charge in [-0.2, -0.15) is 0 Å². The Morgan fingerprint density at radius 2 is 1.94 bits per heavy atom. The minimum atomic E-state index is 0.623. The first-order chi connectivity index (χ1) is 7.72. The van der Waals surface area contributed by atoms with Crippen LogP contribution < -0.4 is 5.32 Å². The van der Waals surface area contributed by atoms with Crippen LogP contribution in [0, 0.1) is 0 Å².